The summed E-state index contributed by atoms with van der Waals surface area (Å²) in [6.07, 6.45) is 2.31. The highest BCUT2D eigenvalue weighted by molar-refractivity contribution is 6.00. The van der Waals surface area contributed by atoms with Gasteiger partial charge < -0.3 is 21.7 Å². The van der Waals surface area contributed by atoms with Crippen molar-refractivity contribution in [2.24, 2.45) is 11.7 Å². The molecule has 1 saturated carbocycles. The van der Waals surface area contributed by atoms with Crippen molar-refractivity contribution in [2.45, 2.75) is 18.9 Å². The highest BCUT2D eigenvalue weighted by Crippen LogP contribution is 2.31. The SMILES string of the molecule is NC(CNC(=O)c1ccc(NC(=O)Nc2ccccc2)cc1)C1CC1. The smallest absolute Gasteiger partial charge is 0.323 e. The number of para-hydroxylation sites is 1. The molecule has 1 aliphatic rings. The van der Waals surface area contributed by atoms with Crippen molar-refractivity contribution in [3.05, 3.63) is 60.2 Å². The molecule has 130 valence electrons. The Hall–Kier alpha value is -2.86. The third-order valence-electron chi connectivity index (χ3n) is 4.16. The molecule has 2 aromatic rings. The van der Waals surface area contributed by atoms with E-state index in [1.54, 1.807) is 36.4 Å². The number of nitrogens with two attached hydrogens (primary N) is 1. The van der Waals surface area contributed by atoms with Crippen molar-refractivity contribution in [3.63, 3.8) is 0 Å². The van der Waals surface area contributed by atoms with E-state index in [1.807, 2.05) is 18.2 Å². The van der Waals surface area contributed by atoms with Gasteiger partial charge in [0.15, 0.2) is 0 Å². The van der Waals surface area contributed by atoms with Gasteiger partial charge in [-0.1, -0.05) is 18.2 Å². The first kappa shape index (κ1) is 17.0. The zero-order valence-corrected chi connectivity index (χ0v) is 13.9. The lowest BCUT2D eigenvalue weighted by Crippen LogP contribution is -2.38. The summed E-state index contributed by atoms with van der Waals surface area (Å²) in [5, 5.41) is 8.31. The van der Waals surface area contributed by atoms with E-state index in [4.69, 9.17) is 5.73 Å². The maximum absolute atomic E-state index is 12.1. The van der Waals surface area contributed by atoms with Gasteiger partial charge >= 0.3 is 6.03 Å². The van der Waals surface area contributed by atoms with Gasteiger partial charge in [-0.05, 0) is 55.2 Å². The lowest BCUT2D eigenvalue weighted by atomic mass is 10.1. The van der Waals surface area contributed by atoms with Crippen LogP contribution in [0.15, 0.2) is 54.6 Å². The highest BCUT2D eigenvalue weighted by atomic mass is 16.2. The number of hydrogen-bond acceptors (Lipinski definition) is 3. The van der Waals surface area contributed by atoms with Crippen LogP contribution >= 0.6 is 0 Å². The molecule has 2 aromatic carbocycles. The summed E-state index contributed by atoms with van der Waals surface area (Å²) in [4.78, 5) is 24.0. The third-order valence-corrected chi connectivity index (χ3v) is 4.16. The molecule has 1 unspecified atom stereocenters. The summed E-state index contributed by atoms with van der Waals surface area (Å²) in [5.41, 5.74) is 7.84. The van der Waals surface area contributed by atoms with Crippen LogP contribution in [0.4, 0.5) is 16.2 Å². The average molecular weight is 338 g/mol. The monoisotopic (exact) mass is 338 g/mol. The van der Waals surface area contributed by atoms with E-state index in [-0.39, 0.29) is 18.0 Å². The third kappa shape index (κ3) is 5.06. The molecule has 0 aliphatic heterocycles. The van der Waals surface area contributed by atoms with Gasteiger partial charge in [0.05, 0.1) is 0 Å². The van der Waals surface area contributed by atoms with Crippen molar-refractivity contribution in [1.82, 2.24) is 5.32 Å². The van der Waals surface area contributed by atoms with E-state index in [1.165, 1.54) is 0 Å². The summed E-state index contributed by atoms with van der Waals surface area (Å²) >= 11 is 0. The Morgan fingerprint density at radius 3 is 2.16 bits per heavy atom. The van der Waals surface area contributed by atoms with Crippen LogP contribution in [0, 0.1) is 5.92 Å². The van der Waals surface area contributed by atoms with Crippen LogP contribution in [-0.4, -0.2) is 24.5 Å². The minimum atomic E-state index is -0.334. The normalized spacial score (nSPS) is 14.4. The molecule has 1 atom stereocenters. The van der Waals surface area contributed by atoms with Crippen LogP contribution in [0.2, 0.25) is 0 Å². The van der Waals surface area contributed by atoms with Gasteiger partial charge in [0, 0.05) is 29.5 Å². The molecular formula is C19H22N4O2. The Labute approximate surface area is 146 Å². The highest BCUT2D eigenvalue weighted by Gasteiger charge is 2.28. The Balaban J connectivity index is 1.49. The summed E-state index contributed by atoms with van der Waals surface area (Å²) in [7, 11) is 0. The Kier molecular flexibility index (Phi) is 5.30. The number of hydrogen-bond donors (Lipinski definition) is 4. The van der Waals surface area contributed by atoms with Crippen LogP contribution in [0.1, 0.15) is 23.2 Å². The maximum atomic E-state index is 12.1. The van der Waals surface area contributed by atoms with E-state index in [9.17, 15) is 9.59 Å². The van der Waals surface area contributed by atoms with Crippen molar-refractivity contribution >= 4 is 23.3 Å². The van der Waals surface area contributed by atoms with Crippen LogP contribution < -0.4 is 21.7 Å². The quantitative estimate of drug-likeness (QED) is 0.652. The van der Waals surface area contributed by atoms with Gasteiger partial charge in [-0.3, -0.25) is 4.79 Å². The molecule has 1 fully saturated rings. The topological polar surface area (TPSA) is 96.2 Å². The Morgan fingerprint density at radius 2 is 1.56 bits per heavy atom. The number of benzene rings is 2. The van der Waals surface area contributed by atoms with Gasteiger partial charge in [0.2, 0.25) is 0 Å². The molecule has 0 spiro atoms. The molecule has 0 aromatic heterocycles. The summed E-state index contributed by atoms with van der Waals surface area (Å²) in [6, 6.07) is 15.6. The van der Waals surface area contributed by atoms with E-state index in [0.717, 1.165) is 12.8 Å². The lowest BCUT2D eigenvalue weighted by molar-refractivity contribution is 0.0950. The van der Waals surface area contributed by atoms with Crippen LogP contribution in [0.5, 0.6) is 0 Å². The average Bonchev–Trinajstić information content (AvgIpc) is 3.46. The molecule has 0 radical (unpaired) electrons. The van der Waals surface area contributed by atoms with Crippen molar-refractivity contribution in [3.8, 4) is 0 Å². The number of urea groups is 1. The molecule has 1 aliphatic carbocycles. The molecule has 6 nitrogen and oxygen atoms in total. The van der Waals surface area contributed by atoms with Crippen LogP contribution in [0.25, 0.3) is 0 Å². The molecule has 0 saturated heterocycles. The van der Waals surface area contributed by atoms with Crippen LogP contribution in [-0.2, 0) is 0 Å². The predicted octanol–water partition coefficient (Wildman–Crippen LogP) is 2.80. The second-order valence-corrected chi connectivity index (χ2v) is 6.23. The summed E-state index contributed by atoms with van der Waals surface area (Å²) in [6.45, 7) is 0.489. The standard InChI is InChI=1S/C19H22N4O2/c20-17(13-6-7-13)12-21-18(24)14-8-10-16(11-9-14)23-19(25)22-15-4-2-1-3-5-15/h1-5,8-11,13,17H,6-7,12,20H2,(H,21,24)(H2,22,23,25). The van der Waals surface area contributed by atoms with Gasteiger partial charge in [-0.2, -0.15) is 0 Å². The number of carbonyl (C=O) groups excluding carboxylic acids is 2. The van der Waals surface area contributed by atoms with E-state index in [0.29, 0.717) is 29.4 Å². The molecular weight excluding hydrogens is 316 g/mol. The number of carbonyl (C=O) groups is 2. The van der Waals surface area contributed by atoms with E-state index >= 15 is 0 Å². The minimum absolute atomic E-state index is 0.0339. The van der Waals surface area contributed by atoms with Crippen LogP contribution in [0.3, 0.4) is 0 Å². The molecule has 5 N–H and O–H groups in total. The van der Waals surface area contributed by atoms with Gasteiger partial charge in [-0.15, -0.1) is 0 Å². The minimum Gasteiger partial charge on any atom is -0.350 e. The molecule has 0 bridgehead atoms. The Bertz CT molecular complexity index is 727. The second kappa shape index (κ2) is 7.81. The number of amides is 3. The van der Waals surface area contributed by atoms with E-state index in [2.05, 4.69) is 16.0 Å². The fraction of sp³-hybridized carbons (Fsp3) is 0.263. The maximum Gasteiger partial charge on any atom is 0.323 e. The van der Waals surface area contributed by atoms with Gasteiger partial charge in [0.1, 0.15) is 0 Å². The molecule has 6 heteroatoms. The first-order valence-electron chi connectivity index (χ1n) is 8.39. The molecule has 25 heavy (non-hydrogen) atoms. The number of anilines is 2. The van der Waals surface area contributed by atoms with Crippen molar-refractivity contribution < 1.29 is 9.59 Å². The fourth-order valence-electron chi connectivity index (χ4n) is 2.52. The summed E-state index contributed by atoms with van der Waals surface area (Å²) < 4.78 is 0. The number of nitrogens with one attached hydrogen (secondary N) is 3. The van der Waals surface area contributed by atoms with Crippen molar-refractivity contribution in [1.29, 1.82) is 0 Å². The van der Waals surface area contributed by atoms with Gasteiger partial charge in [-0.25, -0.2) is 4.79 Å². The zero-order chi connectivity index (χ0) is 17.6. The lowest BCUT2D eigenvalue weighted by Gasteiger charge is -2.12. The predicted molar refractivity (Wildman–Crippen MR) is 98.6 cm³/mol. The molecule has 3 amide bonds. The first-order chi connectivity index (χ1) is 12.1. The molecule has 0 heterocycles. The number of rotatable bonds is 6. The second-order valence-electron chi connectivity index (χ2n) is 6.23. The summed E-state index contributed by atoms with van der Waals surface area (Å²) in [5.74, 6) is 0.395. The van der Waals surface area contributed by atoms with Crippen molar-refractivity contribution in [2.75, 3.05) is 17.2 Å². The van der Waals surface area contributed by atoms with E-state index < -0.39 is 0 Å². The fourth-order valence-corrected chi connectivity index (χ4v) is 2.52. The molecule has 3 rings (SSSR count). The largest absolute Gasteiger partial charge is 0.350 e. The Morgan fingerprint density at radius 1 is 0.960 bits per heavy atom. The first-order valence-corrected chi connectivity index (χ1v) is 8.39. The zero-order valence-electron chi connectivity index (χ0n) is 13.9. The van der Waals surface area contributed by atoms with Gasteiger partial charge in [0.25, 0.3) is 5.91 Å².